The zero-order valence-electron chi connectivity index (χ0n) is 10.5. The Morgan fingerprint density at radius 1 is 1.42 bits per heavy atom. The van der Waals surface area contributed by atoms with Gasteiger partial charge in [0.1, 0.15) is 17.6 Å². The molecule has 1 rings (SSSR count). The van der Waals surface area contributed by atoms with Gasteiger partial charge in [-0.25, -0.2) is 8.78 Å². The van der Waals surface area contributed by atoms with Crippen LogP contribution in [0, 0.1) is 23.5 Å². The van der Waals surface area contributed by atoms with Crippen molar-refractivity contribution in [2.75, 3.05) is 5.32 Å². The van der Waals surface area contributed by atoms with Gasteiger partial charge in [-0.2, -0.15) is 0 Å². The molecule has 0 spiro atoms. The van der Waals surface area contributed by atoms with Gasteiger partial charge in [0.25, 0.3) is 0 Å². The summed E-state index contributed by atoms with van der Waals surface area (Å²) in [6.07, 6.45) is 0. The number of oxime groups is 1. The highest BCUT2D eigenvalue weighted by Crippen LogP contribution is 2.19. The molecule has 0 fully saturated rings. The Labute approximate surface area is 109 Å². The molecule has 0 bridgehead atoms. The molecule has 0 aromatic heterocycles. The highest BCUT2D eigenvalue weighted by atomic mass is 19.1. The molecule has 0 aliphatic rings. The van der Waals surface area contributed by atoms with Crippen LogP contribution in [0.4, 0.5) is 14.5 Å². The first kappa shape index (κ1) is 14.9. The van der Waals surface area contributed by atoms with Crippen molar-refractivity contribution in [2.45, 2.75) is 13.8 Å². The summed E-state index contributed by atoms with van der Waals surface area (Å²) in [4.78, 5) is 11.9. The number of hydrogen-bond acceptors (Lipinski definition) is 3. The first-order chi connectivity index (χ1) is 8.86. The van der Waals surface area contributed by atoms with Crippen molar-refractivity contribution < 1.29 is 18.8 Å². The van der Waals surface area contributed by atoms with Crippen molar-refractivity contribution in [1.82, 2.24) is 0 Å². The Kier molecular flexibility index (Phi) is 4.80. The Bertz CT molecular complexity index is 504. The Morgan fingerprint density at radius 3 is 2.58 bits per heavy atom. The van der Waals surface area contributed by atoms with Crippen LogP contribution in [-0.4, -0.2) is 17.0 Å². The Hall–Kier alpha value is -2.18. The van der Waals surface area contributed by atoms with E-state index in [1.54, 1.807) is 13.8 Å². The summed E-state index contributed by atoms with van der Waals surface area (Å²) in [5, 5.41) is 13.6. The molecule has 104 valence electrons. The molecule has 5 nitrogen and oxygen atoms in total. The fraction of sp³-hybridized carbons (Fsp3) is 0.333. The Balaban J connectivity index is 2.97. The van der Waals surface area contributed by atoms with Gasteiger partial charge < -0.3 is 16.3 Å². The predicted molar refractivity (Wildman–Crippen MR) is 66.7 cm³/mol. The van der Waals surface area contributed by atoms with Crippen LogP contribution in [0.25, 0.3) is 0 Å². The number of rotatable bonds is 4. The highest BCUT2D eigenvalue weighted by Gasteiger charge is 2.27. The van der Waals surface area contributed by atoms with Crippen LogP contribution < -0.4 is 11.1 Å². The summed E-state index contributed by atoms with van der Waals surface area (Å²) >= 11 is 0. The first-order valence-electron chi connectivity index (χ1n) is 5.60. The number of halogens is 2. The van der Waals surface area contributed by atoms with E-state index in [1.165, 1.54) is 0 Å². The minimum Gasteiger partial charge on any atom is -0.409 e. The normalized spacial score (nSPS) is 13.4. The molecular formula is C12H15F2N3O2. The lowest BCUT2D eigenvalue weighted by Crippen LogP contribution is -2.38. The van der Waals surface area contributed by atoms with Crippen LogP contribution in [0.2, 0.25) is 0 Å². The van der Waals surface area contributed by atoms with E-state index in [0.717, 1.165) is 18.2 Å². The largest absolute Gasteiger partial charge is 0.409 e. The van der Waals surface area contributed by atoms with E-state index in [0.29, 0.717) is 0 Å². The number of carbonyl (C=O) groups is 1. The topological polar surface area (TPSA) is 87.7 Å². The SMILES string of the molecule is CC(C)C(C(=O)Nc1cc(F)ccc1F)C(N)=NO. The quantitative estimate of drug-likeness (QED) is 0.338. The van der Waals surface area contributed by atoms with Crippen LogP contribution in [0.3, 0.4) is 0 Å². The van der Waals surface area contributed by atoms with Gasteiger partial charge in [-0.1, -0.05) is 19.0 Å². The van der Waals surface area contributed by atoms with Crippen molar-refractivity contribution in [3.63, 3.8) is 0 Å². The zero-order valence-corrected chi connectivity index (χ0v) is 10.5. The fourth-order valence-electron chi connectivity index (χ4n) is 1.64. The van der Waals surface area contributed by atoms with Crippen molar-refractivity contribution in [1.29, 1.82) is 0 Å². The molecule has 0 saturated carbocycles. The second-order valence-corrected chi connectivity index (χ2v) is 4.36. The third-order valence-electron chi connectivity index (χ3n) is 2.57. The number of nitrogens with zero attached hydrogens (tertiary/aromatic N) is 1. The number of hydrogen-bond donors (Lipinski definition) is 3. The van der Waals surface area contributed by atoms with E-state index < -0.39 is 23.5 Å². The van der Waals surface area contributed by atoms with Gasteiger partial charge in [0, 0.05) is 6.07 Å². The predicted octanol–water partition coefficient (Wildman–Crippen LogP) is 1.92. The monoisotopic (exact) mass is 271 g/mol. The molecule has 7 heteroatoms. The van der Waals surface area contributed by atoms with Crippen LogP contribution in [0.15, 0.2) is 23.4 Å². The van der Waals surface area contributed by atoms with Gasteiger partial charge in [0.05, 0.1) is 5.69 Å². The second-order valence-electron chi connectivity index (χ2n) is 4.36. The van der Waals surface area contributed by atoms with Crippen LogP contribution >= 0.6 is 0 Å². The first-order valence-corrected chi connectivity index (χ1v) is 5.60. The van der Waals surface area contributed by atoms with E-state index >= 15 is 0 Å². The molecule has 1 amide bonds. The molecule has 0 heterocycles. The summed E-state index contributed by atoms with van der Waals surface area (Å²) < 4.78 is 26.4. The van der Waals surface area contributed by atoms with E-state index in [-0.39, 0.29) is 17.4 Å². The maximum Gasteiger partial charge on any atom is 0.235 e. The van der Waals surface area contributed by atoms with Gasteiger partial charge in [0.2, 0.25) is 5.91 Å². The summed E-state index contributed by atoms with van der Waals surface area (Å²) in [5.74, 6) is -3.61. The molecule has 1 unspecified atom stereocenters. The van der Waals surface area contributed by atoms with Crippen molar-refractivity contribution in [3.8, 4) is 0 Å². The molecule has 1 aromatic carbocycles. The van der Waals surface area contributed by atoms with Gasteiger partial charge in [-0.15, -0.1) is 0 Å². The molecule has 19 heavy (non-hydrogen) atoms. The molecule has 4 N–H and O–H groups in total. The van der Waals surface area contributed by atoms with E-state index in [1.807, 2.05) is 0 Å². The molecule has 0 radical (unpaired) electrons. The number of carbonyl (C=O) groups excluding carboxylic acids is 1. The average Bonchev–Trinajstić information content (AvgIpc) is 2.33. The summed E-state index contributed by atoms with van der Waals surface area (Å²) in [5.41, 5.74) is 5.12. The number of benzene rings is 1. The highest BCUT2D eigenvalue weighted by molar-refractivity contribution is 6.07. The maximum absolute atomic E-state index is 13.4. The van der Waals surface area contributed by atoms with Crippen LogP contribution in [0.1, 0.15) is 13.8 Å². The number of amides is 1. The third-order valence-corrected chi connectivity index (χ3v) is 2.57. The number of nitrogens with one attached hydrogen (secondary N) is 1. The lowest BCUT2D eigenvalue weighted by atomic mass is 9.93. The second kappa shape index (κ2) is 6.12. The minimum absolute atomic E-state index is 0.271. The number of anilines is 1. The summed E-state index contributed by atoms with van der Waals surface area (Å²) in [6, 6.07) is 2.70. The van der Waals surface area contributed by atoms with Crippen molar-refractivity contribution in [2.24, 2.45) is 22.7 Å². The molecular weight excluding hydrogens is 256 g/mol. The summed E-state index contributed by atoms with van der Waals surface area (Å²) in [6.45, 7) is 3.37. The van der Waals surface area contributed by atoms with Gasteiger partial charge in [-0.05, 0) is 18.1 Å². The lowest BCUT2D eigenvalue weighted by molar-refractivity contribution is -0.119. The van der Waals surface area contributed by atoms with Crippen LogP contribution in [-0.2, 0) is 4.79 Å². The minimum atomic E-state index is -0.937. The molecule has 0 aliphatic heterocycles. The maximum atomic E-state index is 13.4. The van der Waals surface area contributed by atoms with Gasteiger partial charge in [-0.3, -0.25) is 4.79 Å². The fourth-order valence-corrected chi connectivity index (χ4v) is 1.64. The molecule has 1 atom stereocenters. The van der Waals surface area contributed by atoms with E-state index in [2.05, 4.69) is 10.5 Å². The average molecular weight is 271 g/mol. The Morgan fingerprint density at radius 2 is 2.05 bits per heavy atom. The van der Waals surface area contributed by atoms with Crippen molar-refractivity contribution >= 4 is 17.4 Å². The van der Waals surface area contributed by atoms with Gasteiger partial charge in [0.15, 0.2) is 5.84 Å². The third kappa shape index (κ3) is 3.64. The van der Waals surface area contributed by atoms with Crippen LogP contribution in [0.5, 0.6) is 0 Å². The molecule has 0 aliphatic carbocycles. The standard InChI is InChI=1S/C12H15F2N3O2/c1-6(2)10(11(15)17-19)12(18)16-9-5-7(13)3-4-8(9)14/h3-6,10,19H,1-2H3,(H2,15,17)(H,16,18). The van der Waals surface area contributed by atoms with Gasteiger partial charge >= 0.3 is 0 Å². The number of amidine groups is 1. The molecule has 1 aromatic rings. The zero-order chi connectivity index (χ0) is 14.6. The molecule has 0 saturated heterocycles. The van der Waals surface area contributed by atoms with E-state index in [4.69, 9.17) is 10.9 Å². The van der Waals surface area contributed by atoms with Crippen molar-refractivity contribution in [3.05, 3.63) is 29.8 Å². The smallest absolute Gasteiger partial charge is 0.235 e. The lowest BCUT2D eigenvalue weighted by Gasteiger charge is -2.18. The van der Waals surface area contributed by atoms with E-state index in [9.17, 15) is 13.6 Å². The summed E-state index contributed by atoms with van der Waals surface area (Å²) in [7, 11) is 0. The number of nitrogens with two attached hydrogens (primary N) is 1.